The maximum Gasteiger partial charge on any atom is 0.321 e. The van der Waals surface area contributed by atoms with E-state index in [0.29, 0.717) is 0 Å². The minimum Gasteiger partial charge on any atom is -0.465 e. The van der Waals surface area contributed by atoms with E-state index in [-0.39, 0.29) is 30.8 Å². The second-order valence-corrected chi connectivity index (χ2v) is 6.01. The first-order chi connectivity index (χ1) is 7.51. The largest absolute Gasteiger partial charge is 0.465 e. The molecule has 0 aromatic rings. The fourth-order valence-electron chi connectivity index (χ4n) is 1.37. The molecule has 0 heterocycles. The van der Waals surface area contributed by atoms with Crippen LogP contribution in [0.1, 0.15) is 19.8 Å². The molecule has 16 heavy (non-hydrogen) atoms. The summed E-state index contributed by atoms with van der Waals surface area (Å²) < 4.78 is 29.5. The van der Waals surface area contributed by atoms with E-state index >= 15 is 0 Å². The van der Waals surface area contributed by atoms with E-state index in [4.69, 9.17) is 16.3 Å². The van der Waals surface area contributed by atoms with Gasteiger partial charge in [0.1, 0.15) is 6.54 Å². The maximum absolute atomic E-state index is 11.8. The third-order valence-electron chi connectivity index (χ3n) is 2.24. The molecule has 0 saturated heterocycles. The normalized spacial score (nSPS) is 16.4. The molecule has 0 atom stereocenters. The molecule has 0 aromatic carbocycles. The van der Waals surface area contributed by atoms with Gasteiger partial charge in [-0.05, 0) is 19.8 Å². The molecule has 0 N–H and O–H groups in total. The highest BCUT2D eigenvalue weighted by Gasteiger charge is 2.38. The molecule has 0 aromatic heterocycles. The first-order valence-electron chi connectivity index (χ1n) is 5.22. The molecule has 7 heteroatoms. The number of rotatable bonds is 7. The lowest BCUT2D eigenvalue weighted by atomic mass is 10.6. The van der Waals surface area contributed by atoms with Crippen molar-refractivity contribution in [1.82, 2.24) is 4.31 Å². The molecule has 1 aliphatic rings. The molecule has 1 fully saturated rings. The van der Waals surface area contributed by atoms with Crippen molar-refractivity contribution in [3.8, 4) is 0 Å². The van der Waals surface area contributed by atoms with Crippen LogP contribution in [0.2, 0.25) is 0 Å². The molecule has 1 saturated carbocycles. The summed E-state index contributed by atoms with van der Waals surface area (Å²) in [6, 6.07) is -0.0439. The first-order valence-corrected chi connectivity index (χ1v) is 7.36. The first kappa shape index (κ1) is 13.7. The van der Waals surface area contributed by atoms with Crippen molar-refractivity contribution in [2.24, 2.45) is 0 Å². The van der Waals surface area contributed by atoms with Crippen molar-refractivity contribution in [2.45, 2.75) is 25.8 Å². The average Bonchev–Trinajstić information content (AvgIpc) is 2.97. The Morgan fingerprint density at radius 3 is 2.56 bits per heavy atom. The molecular weight excluding hydrogens is 254 g/mol. The minimum absolute atomic E-state index is 0.0361. The van der Waals surface area contributed by atoms with E-state index in [1.165, 1.54) is 4.31 Å². The van der Waals surface area contributed by atoms with Gasteiger partial charge in [0.15, 0.2) is 0 Å². The molecule has 94 valence electrons. The molecule has 0 amide bonds. The highest BCUT2D eigenvalue weighted by Crippen LogP contribution is 2.29. The van der Waals surface area contributed by atoms with Gasteiger partial charge in [-0.1, -0.05) is 0 Å². The summed E-state index contributed by atoms with van der Waals surface area (Å²) in [5, 5.41) is 0. The molecule has 5 nitrogen and oxygen atoms in total. The minimum atomic E-state index is -3.42. The third kappa shape index (κ3) is 3.92. The number of hydrogen-bond donors (Lipinski definition) is 0. The lowest BCUT2D eigenvalue weighted by Gasteiger charge is -2.20. The third-order valence-corrected chi connectivity index (χ3v) is 4.51. The van der Waals surface area contributed by atoms with Gasteiger partial charge in [-0.3, -0.25) is 4.79 Å². The van der Waals surface area contributed by atoms with Crippen LogP contribution < -0.4 is 0 Å². The number of esters is 1. The highest BCUT2D eigenvalue weighted by atomic mass is 35.5. The lowest BCUT2D eigenvalue weighted by molar-refractivity contribution is -0.143. The summed E-state index contributed by atoms with van der Waals surface area (Å²) in [6.07, 6.45) is 1.61. The molecular formula is C9H16ClNO4S. The Morgan fingerprint density at radius 2 is 2.12 bits per heavy atom. The second kappa shape index (κ2) is 5.84. The Kier molecular flexibility index (Phi) is 5.01. The quantitative estimate of drug-likeness (QED) is 0.501. The van der Waals surface area contributed by atoms with Crippen LogP contribution in [0.15, 0.2) is 0 Å². The van der Waals surface area contributed by atoms with Gasteiger partial charge in [-0.2, -0.15) is 4.31 Å². The van der Waals surface area contributed by atoms with E-state index < -0.39 is 16.0 Å². The van der Waals surface area contributed by atoms with Gasteiger partial charge in [0.05, 0.1) is 12.4 Å². The Balaban J connectivity index is 2.64. The van der Waals surface area contributed by atoms with Crippen molar-refractivity contribution >= 4 is 27.6 Å². The standard InChI is InChI=1S/C9H16ClNO4S/c1-2-15-9(12)7-11(8-3-4-8)16(13,14)6-5-10/h8H,2-7H2,1H3. The molecule has 0 bridgehead atoms. The van der Waals surface area contributed by atoms with Crippen LogP contribution in [0.3, 0.4) is 0 Å². The second-order valence-electron chi connectivity index (χ2n) is 3.59. The Morgan fingerprint density at radius 1 is 1.50 bits per heavy atom. The number of hydrogen-bond acceptors (Lipinski definition) is 4. The number of carbonyl (C=O) groups is 1. The summed E-state index contributed by atoms with van der Waals surface area (Å²) in [6.45, 7) is 1.75. The fourth-order valence-corrected chi connectivity index (χ4v) is 3.35. The van der Waals surface area contributed by atoms with Crippen LogP contribution >= 0.6 is 11.6 Å². The number of carbonyl (C=O) groups excluding carboxylic acids is 1. The van der Waals surface area contributed by atoms with E-state index in [0.717, 1.165) is 12.8 Å². The molecule has 1 rings (SSSR count). The van der Waals surface area contributed by atoms with Crippen molar-refractivity contribution in [1.29, 1.82) is 0 Å². The van der Waals surface area contributed by atoms with Gasteiger partial charge in [-0.15, -0.1) is 11.6 Å². The van der Waals surface area contributed by atoms with Gasteiger partial charge < -0.3 is 4.74 Å². The highest BCUT2D eigenvalue weighted by molar-refractivity contribution is 7.89. The topological polar surface area (TPSA) is 63.7 Å². The Bertz CT molecular complexity index is 339. The van der Waals surface area contributed by atoms with Gasteiger partial charge in [0, 0.05) is 11.9 Å². The molecule has 1 aliphatic carbocycles. The smallest absolute Gasteiger partial charge is 0.321 e. The Hall–Kier alpha value is -0.330. The van der Waals surface area contributed by atoms with Gasteiger partial charge in [0.25, 0.3) is 0 Å². The van der Waals surface area contributed by atoms with Gasteiger partial charge in [-0.25, -0.2) is 8.42 Å². The Labute approximate surface area is 101 Å². The predicted octanol–water partition coefficient (Wildman–Crippen LogP) is 0.582. The molecule has 0 unspecified atom stereocenters. The zero-order valence-corrected chi connectivity index (χ0v) is 10.8. The van der Waals surface area contributed by atoms with Crippen LogP contribution in [0.5, 0.6) is 0 Å². The fraction of sp³-hybridized carbons (Fsp3) is 0.889. The predicted molar refractivity (Wildman–Crippen MR) is 60.9 cm³/mol. The lowest BCUT2D eigenvalue weighted by Crippen LogP contribution is -2.39. The molecule has 0 radical (unpaired) electrons. The number of ether oxygens (including phenoxy) is 1. The number of halogens is 1. The van der Waals surface area contributed by atoms with Crippen LogP contribution in [0.4, 0.5) is 0 Å². The summed E-state index contributed by atoms with van der Waals surface area (Å²) >= 11 is 5.43. The van der Waals surface area contributed by atoms with E-state index in [9.17, 15) is 13.2 Å². The van der Waals surface area contributed by atoms with Crippen molar-refractivity contribution in [3.63, 3.8) is 0 Å². The summed E-state index contributed by atoms with van der Waals surface area (Å²) in [7, 11) is -3.42. The molecule has 0 aliphatic heterocycles. The van der Waals surface area contributed by atoms with E-state index in [1.54, 1.807) is 6.92 Å². The zero-order valence-electron chi connectivity index (χ0n) is 9.19. The zero-order chi connectivity index (χ0) is 12.2. The van der Waals surface area contributed by atoms with Crippen molar-refractivity contribution in [2.75, 3.05) is 24.8 Å². The van der Waals surface area contributed by atoms with Gasteiger partial charge in [0.2, 0.25) is 10.0 Å². The van der Waals surface area contributed by atoms with Gasteiger partial charge >= 0.3 is 5.97 Å². The average molecular weight is 270 g/mol. The summed E-state index contributed by atoms with van der Waals surface area (Å²) in [5.41, 5.74) is 0. The summed E-state index contributed by atoms with van der Waals surface area (Å²) in [4.78, 5) is 11.3. The van der Waals surface area contributed by atoms with Crippen molar-refractivity contribution in [3.05, 3.63) is 0 Å². The van der Waals surface area contributed by atoms with E-state index in [2.05, 4.69) is 0 Å². The van der Waals surface area contributed by atoms with Crippen LogP contribution in [0, 0.1) is 0 Å². The van der Waals surface area contributed by atoms with Crippen molar-refractivity contribution < 1.29 is 17.9 Å². The summed E-state index contributed by atoms with van der Waals surface area (Å²) in [5.74, 6) is -0.605. The van der Waals surface area contributed by atoms with Crippen LogP contribution in [-0.4, -0.2) is 49.5 Å². The number of sulfonamides is 1. The van der Waals surface area contributed by atoms with Crippen LogP contribution in [0.25, 0.3) is 0 Å². The monoisotopic (exact) mass is 269 g/mol. The van der Waals surface area contributed by atoms with E-state index in [1.807, 2.05) is 0 Å². The maximum atomic E-state index is 11.8. The van der Waals surface area contributed by atoms with Crippen LogP contribution in [-0.2, 0) is 19.6 Å². The molecule has 0 spiro atoms. The SMILES string of the molecule is CCOC(=O)CN(C1CC1)S(=O)(=O)CCCl. The number of alkyl halides is 1. The number of nitrogens with zero attached hydrogens (tertiary/aromatic N) is 1.